The zero-order valence-corrected chi connectivity index (χ0v) is 14.4. The van der Waals surface area contributed by atoms with Gasteiger partial charge in [-0.1, -0.05) is 25.1 Å². The highest BCUT2D eigenvalue weighted by Gasteiger charge is 2.39. The number of carbonyl (C=O) groups is 1. The Balaban J connectivity index is 1.35. The molecule has 0 aromatic heterocycles. The molecular weight excluding hydrogens is 286 g/mol. The highest BCUT2D eigenvalue weighted by Crippen LogP contribution is 2.37. The molecule has 1 amide bonds. The molecule has 1 aliphatic heterocycles. The van der Waals surface area contributed by atoms with Crippen LogP contribution in [0.5, 0.6) is 0 Å². The second-order valence-electron chi connectivity index (χ2n) is 7.18. The van der Waals surface area contributed by atoms with E-state index in [1.807, 2.05) is 0 Å². The fourth-order valence-electron chi connectivity index (χ4n) is 3.35. The van der Waals surface area contributed by atoms with Gasteiger partial charge in [0.15, 0.2) is 0 Å². The van der Waals surface area contributed by atoms with Gasteiger partial charge in [0, 0.05) is 50.4 Å². The summed E-state index contributed by atoms with van der Waals surface area (Å²) in [5, 5.41) is 3.17. The number of piperazine rings is 1. The van der Waals surface area contributed by atoms with E-state index in [4.69, 9.17) is 0 Å². The first-order chi connectivity index (χ1) is 11.1. The van der Waals surface area contributed by atoms with E-state index in [-0.39, 0.29) is 17.9 Å². The fourth-order valence-corrected chi connectivity index (χ4v) is 3.35. The van der Waals surface area contributed by atoms with Crippen LogP contribution >= 0.6 is 0 Å². The molecule has 2 fully saturated rings. The molecule has 2 aliphatic rings. The van der Waals surface area contributed by atoms with Gasteiger partial charge in [-0.2, -0.15) is 0 Å². The monoisotopic (exact) mass is 315 g/mol. The third-order valence-electron chi connectivity index (χ3n) is 5.21. The van der Waals surface area contributed by atoms with Crippen molar-refractivity contribution in [2.45, 2.75) is 32.7 Å². The quantitative estimate of drug-likeness (QED) is 0.875. The van der Waals surface area contributed by atoms with Gasteiger partial charge in [0.2, 0.25) is 5.91 Å². The van der Waals surface area contributed by atoms with Gasteiger partial charge >= 0.3 is 0 Å². The van der Waals surface area contributed by atoms with Crippen LogP contribution in [0.25, 0.3) is 0 Å². The molecule has 1 heterocycles. The van der Waals surface area contributed by atoms with Gasteiger partial charge < -0.3 is 10.2 Å². The predicted octanol–water partition coefficient (Wildman–Crippen LogP) is 2.36. The molecule has 3 rings (SSSR count). The van der Waals surface area contributed by atoms with Crippen LogP contribution < -0.4 is 10.2 Å². The third kappa shape index (κ3) is 4.47. The van der Waals surface area contributed by atoms with E-state index in [9.17, 15) is 4.79 Å². The third-order valence-corrected chi connectivity index (χ3v) is 5.21. The Morgan fingerprint density at radius 2 is 1.87 bits per heavy atom. The number of carbonyl (C=O) groups excluding carboxylic acids is 1. The van der Waals surface area contributed by atoms with Crippen molar-refractivity contribution in [1.82, 2.24) is 10.2 Å². The second kappa shape index (κ2) is 7.35. The summed E-state index contributed by atoms with van der Waals surface area (Å²) < 4.78 is 0. The van der Waals surface area contributed by atoms with E-state index < -0.39 is 0 Å². The van der Waals surface area contributed by atoms with Gasteiger partial charge in [-0.15, -0.1) is 0 Å². The lowest BCUT2D eigenvalue weighted by molar-refractivity contribution is -0.123. The highest BCUT2D eigenvalue weighted by atomic mass is 16.2. The largest absolute Gasteiger partial charge is 0.369 e. The van der Waals surface area contributed by atoms with E-state index in [0.717, 1.165) is 45.6 Å². The van der Waals surface area contributed by atoms with Gasteiger partial charge in [-0.05, 0) is 37.8 Å². The molecule has 126 valence electrons. The highest BCUT2D eigenvalue weighted by molar-refractivity contribution is 5.81. The number of nitrogens with one attached hydrogen (secondary N) is 1. The number of rotatable bonds is 6. The van der Waals surface area contributed by atoms with E-state index in [2.05, 4.69) is 59.3 Å². The molecule has 1 saturated carbocycles. The maximum absolute atomic E-state index is 11.9. The molecule has 4 heteroatoms. The molecule has 0 spiro atoms. The summed E-state index contributed by atoms with van der Waals surface area (Å²) in [6.45, 7) is 9.75. The van der Waals surface area contributed by atoms with Crippen LogP contribution in [0.1, 0.15) is 26.7 Å². The summed E-state index contributed by atoms with van der Waals surface area (Å²) >= 11 is 0. The van der Waals surface area contributed by atoms with Gasteiger partial charge in [0.25, 0.3) is 0 Å². The van der Waals surface area contributed by atoms with Crippen molar-refractivity contribution in [1.29, 1.82) is 0 Å². The average molecular weight is 315 g/mol. The molecule has 1 N–H and O–H groups in total. The number of benzene rings is 1. The standard InChI is InChI=1S/C19H29N3O/c1-15-14-18(15)19(23)20-16(2)8-9-21-10-12-22(13-11-21)17-6-4-3-5-7-17/h3-7,15-16,18H,8-14H2,1-2H3,(H,20,23)/t15-,16+,18-/m0/s1. The smallest absolute Gasteiger partial charge is 0.223 e. The van der Waals surface area contributed by atoms with E-state index in [1.165, 1.54) is 5.69 Å². The predicted molar refractivity (Wildman–Crippen MR) is 94.6 cm³/mol. The molecule has 0 bridgehead atoms. The van der Waals surface area contributed by atoms with Gasteiger partial charge in [0.1, 0.15) is 0 Å². The lowest BCUT2D eigenvalue weighted by Crippen LogP contribution is -2.47. The Labute approximate surface area is 139 Å². The van der Waals surface area contributed by atoms with Crippen molar-refractivity contribution in [2.24, 2.45) is 11.8 Å². The molecular formula is C19H29N3O. The number of hydrogen-bond acceptors (Lipinski definition) is 3. The van der Waals surface area contributed by atoms with Crippen molar-refractivity contribution >= 4 is 11.6 Å². The molecule has 4 nitrogen and oxygen atoms in total. The molecule has 1 saturated heterocycles. The Bertz CT molecular complexity index is 511. The first-order valence-corrected chi connectivity index (χ1v) is 8.96. The van der Waals surface area contributed by atoms with Crippen molar-refractivity contribution < 1.29 is 4.79 Å². The Morgan fingerprint density at radius 1 is 1.22 bits per heavy atom. The molecule has 1 aromatic rings. The second-order valence-corrected chi connectivity index (χ2v) is 7.18. The van der Waals surface area contributed by atoms with Crippen LogP contribution in [0.2, 0.25) is 0 Å². The maximum atomic E-state index is 11.9. The van der Waals surface area contributed by atoms with Gasteiger partial charge in [0.05, 0.1) is 0 Å². The minimum atomic E-state index is 0.263. The van der Waals surface area contributed by atoms with Crippen molar-refractivity contribution in [3.05, 3.63) is 30.3 Å². The Kier molecular flexibility index (Phi) is 5.21. The SMILES string of the molecule is C[C@H](CCN1CCN(c2ccccc2)CC1)NC(=O)[C@H]1C[C@@H]1C. The van der Waals surface area contributed by atoms with E-state index in [0.29, 0.717) is 5.92 Å². The van der Waals surface area contributed by atoms with Crippen LogP contribution in [-0.2, 0) is 4.79 Å². The summed E-state index contributed by atoms with van der Waals surface area (Å²) in [7, 11) is 0. The summed E-state index contributed by atoms with van der Waals surface area (Å²) in [6.07, 6.45) is 2.11. The normalized spacial score (nSPS) is 25.9. The topological polar surface area (TPSA) is 35.6 Å². The van der Waals surface area contributed by atoms with Crippen LogP contribution in [0.4, 0.5) is 5.69 Å². The summed E-state index contributed by atoms with van der Waals surface area (Å²) in [5.41, 5.74) is 1.33. The number of hydrogen-bond donors (Lipinski definition) is 1. The lowest BCUT2D eigenvalue weighted by atomic mass is 10.2. The molecule has 23 heavy (non-hydrogen) atoms. The summed E-state index contributed by atoms with van der Waals surface area (Å²) in [6, 6.07) is 10.9. The zero-order valence-electron chi connectivity index (χ0n) is 14.4. The summed E-state index contributed by atoms with van der Waals surface area (Å²) in [4.78, 5) is 16.9. The van der Waals surface area contributed by atoms with Crippen LogP contribution in [0.3, 0.4) is 0 Å². The molecule has 0 unspecified atom stereocenters. The van der Waals surface area contributed by atoms with Crippen molar-refractivity contribution in [3.8, 4) is 0 Å². The Morgan fingerprint density at radius 3 is 2.48 bits per heavy atom. The molecule has 3 atom stereocenters. The fraction of sp³-hybridized carbons (Fsp3) is 0.632. The first-order valence-electron chi connectivity index (χ1n) is 8.96. The minimum Gasteiger partial charge on any atom is -0.369 e. The van der Waals surface area contributed by atoms with Gasteiger partial charge in [-0.3, -0.25) is 9.69 Å². The van der Waals surface area contributed by atoms with Crippen LogP contribution in [-0.4, -0.2) is 49.6 Å². The zero-order chi connectivity index (χ0) is 16.2. The maximum Gasteiger partial charge on any atom is 0.223 e. The number of nitrogens with zero attached hydrogens (tertiary/aromatic N) is 2. The number of anilines is 1. The molecule has 1 aliphatic carbocycles. The van der Waals surface area contributed by atoms with E-state index in [1.54, 1.807) is 0 Å². The van der Waals surface area contributed by atoms with Crippen molar-refractivity contribution in [3.63, 3.8) is 0 Å². The van der Waals surface area contributed by atoms with Crippen molar-refractivity contribution in [2.75, 3.05) is 37.6 Å². The summed E-state index contributed by atoms with van der Waals surface area (Å²) in [5.74, 6) is 1.14. The van der Waals surface area contributed by atoms with Gasteiger partial charge in [-0.25, -0.2) is 0 Å². The Hall–Kier alpha value is -1.55. The molecule has 0 radical (unpaired) electrons. The first kappa shape index (κ1) is 16.3. The van der Waals surface area contributed by atoms with E-state index >= 15 is 0 Å². The van der Waals surface area contributed by atoms with Crippen LogP contribution in [0, 0.1) is 11.8 Å². The number of para-hydroxylation sites is 1. The number of amides is 1. The molecule has 1 aromatic carbocycles. The minimum absolute atomic E-state index is 0.263. The average Bonchev–Trinajstić information content (AvgIpc) is 3.31. The lowest BCUT2D eigenvalue weighted by Gasteiger charge is -2.36. The van der Waals surface area contributed by atoms with Crippen LogP contribution in [0.15, 0.2) is 30.3 Å².